The standard InChI is InChI=1S/C30H24FN5O/c1-19-15-21(8-10-26(19)31)29-25(6-4-13-32-29)20-9-11-28-23(16-20)18-35-36(28)30(37)33-14-12-22-17-34-27-7-3-2-5-24(22)27/h2-11,13,15-18,34H,12,14H2,1H3,(H,33,37). The first-order valence-corrected chi connectivity index (χ1v) is 12.1. The Morgan fingerprint density at radius 2 is 1.89 bits per heavy atom. The lowest BCUT2D eigenvalue weighted by molar-refractivity contribution is 0.240. The fourth-order valence-corrected chi connectivity index (χ4v) is 4.74. The van der Waals surface area contributed by atoms with Crippen LogP contribution in [0.15, 0.2) is 91.4 Å². The molecule has 0 aliphatic rings. The molecule has 6 nitrogen and oxygen atoms in total. The highest BCUT2D eigenvalue weighted by Gasteiger charge is 2.14. The van der Waals surface area contributed by atoms with Crippen LogP contribution in [0.2, 0.25) is 0 Å². The molecule has 7 heteroatoms. The number of benzene rings is 3. The SMILES string of the molecule is Cc1cc(-c2ncccc2-c2ccc3c(cnn3C(=O)NCCc3c[nH]c4ccccc34)c2)ccc1F. The number of amides is 1. The number of rotatable bonds is 5. The number of carbonyl (C=O) groups is 1. The Kier molecular flexibility index (Phi) is 5.73. The number of pyridine rings is 1. The van der Waals surface area contributed by atoms with Gasteiger partial charge >= 0.3 is 6.03 Å². The van der Waals surface area contributed by atoms with Crippen LogP contribution in [-0.2, 0) is 6.42 Å². The minimum Gasteiger partial charge on any atom is -0.361 e. The molecule has 3 aromatic carbocycles. The van der Waals surface area contributed by atoms with E-state index in [1.807, 2.05) is 54.7 Å². The molecule has 1 amide bonds. The van der Waals surface area contributed by atoms with Crippen molar-refractivity contribution < 1.29 is 9.18 Å². The summed E-state index contributed by atoms with van der Waals surface area (Å²) < 4.78 is 15.2. The Morgan fingerprint density at radius 3 is 2.78 bits per heavy atom. The van der Waals surface area contributed by atoms with Gasteiger partial charge in [0.2, 0.25) is 0 Å². The van der Waals surface area contributed by atoms with Crippen molar-refractivity contribution in [3.63, 3.8) is 0 Å². The quantitative estimate of drug-likeness (QED) is 0.290. The average molecular weight is 490 g/mol. The van der Waals surface area contributed by atoms with E-state index in [0.717, 1.165) is 44.4 Å². The van der Waals surface area contributed by atoms with Crippen molar-refractivity contribution in [2.75, 3.05) is 6.54 Å². The predicted octanol–water partition coefficient (Wildman–Crippen LogP) is 6.49. The van der Waals surface area contributed by atoms with Gasteiger partial charge in [-0.15, -0.1) is 0 Å². The predicted molar refractivity (Wildman–Crippen MR) is 144 cm³/mol. The maximum absolute atomic E-state index is 13.8. The van der Waals surface area contributed by atoms with Crippen LogP contribution in [0, 0.1) is 12.7 Å². The van der Waals surface area contributed by atoms with Crippen LogP contribution in [0.25, 0.3) is 44.2 Å². The number of aromatic amines is 1. The first-order valence-electron chi connectivity index (χ1n) is 12.1. The summed E-state index contributed by atoms with van der Waals surface area (Å²) in [5.74, 6) is -0.241. The van der Waals surface area contributed by atoms with Gasteiger partial charge in [0.1, 0.15) is 5.82 Å². The lowest BCUT2D eigenvalue weighted by atomic mass is 9.97. The molecule has 0 unspecified atom stereocenters. The van der Waals surface area contributed by atoms with Crippen molar-refractivity contribution in [2.24, 2.45) is 0 Å². The normalized spacial score (nSPS) is 11.3. The second-order valence-corrected chi connectivity index (χ2v) is 9.03. The Bertz CT molecular complexity index is 1770. The molecule has 0 radical (unpaired) electrons. The van der Waals surface area contributed by atoms with Crippen molar-refractivity contribution in [1.82, 2.24) is 25.1 Å². The van der Waals surface area contributed by atoms with Crippen LogP contribution in [0.4, 0.5) is 9.18 Å². The molecule has 0 saturated heterocycles. The molecule has 6 rings (SSSR count). The number of nitrogens with zero attached hydrogens (tertiary/aromatic N) is 3. The molecule has 0 fully saturated rings. The summed E-state index contributed by atoms with van der Waals surface area (Å²) in [6.45, 7) is 2.24. The third-order valence-corrected chi connectivity index (χ3v) is 6.66. The molecule has 0 aliphatic carbocycles. The molecule has 3 aromatic heterocycles. The number of aromatic nitrogens is 4. The van der Waals surface area contributed by atoms with E-state index in [1.54, 1.807) is 31.5 Å². The molecule has 182 valence electrons. The largest absolute Gasteiger partial charge is 0.361 e. The maximum Gasteiger partial charge on any atom is 0.342 e. The highest BCUT2D eigenvalue weighted by atomic mass is 19.1. The van der Waals surface area contributed by atoms with Crippen molar-refractivity contribution >= 4 is 27.8 Å². The van der Waals surface area contributed by atoms with E-state index < -0.39 is 0 Å². The van der Waals surface area contributed by atoms with Crippen molar-refractivity contribution in [2.45, 2.75) is 13.3 Å². The molecule has 0 bridgehead atoms. The van der Waals surface area contributed by atoms with Gasteiger partial charge in [0.25, 0.3) is 0 Å². The van der Waals surface area contributed by atoms with Gasteiger partial charge in [0.05, 0.1) is 17.4 Å². The molecule has 6 aromatic rings. The molecule has 37 heavy (non-hydrogen) atoms. The second-order valence-electron chi connectivity index (χ2n) is 9.03. The number of fused-ring (bicyclic) bond motifs is 2. The van der Waals surface area contributed by atoms with Gasteiger partial charge in [-0.1, -0.05) is 30.3 Å². The monoisotopic (exact) mass is 489 g/mol. The van der Waals surface area contributed by atoms with Gasteiger partial charge in [-0.25, -0.2) is 9.18 Å². The first kappa shape index (κ1) is 22.7. The van der Waals surface area contributed by atoms with Crippen LogP contribution in [0.5, 0.6) is 0 Å². The number of para-hydroxylation sites is 1. The smallest absolute Gasteiger partial charge is 0.342 e. The van der Waals surface area contributed by atoms with Crippen LogP contribution >= 0.6 is 0 Å². The number of H-pyrrole nitrogens is 1. The molecule has 0 atom stereocenters. The summed E-state index contributed by atoms with van der Waals surface area (Å²) in [5.41, 5.74) is 7.02. The summed E-state index contributed by atoms with van der Waals surface area (Å²) in [6, 6.07) is 22.6. The number of carbonyl (C=O) groups excluding carboxylic acids is 1. The summed E-state index contributed by atoms with van der Waals surface area (Å²) in [6.07, 6.45) is 6.12. The van der Waals surface area contributed by atoms with Gasteiger partial charge < -0.3 is 10.3 Å². The van der Waals surface area contributed by atoms with Crippen LogP contribution in [0.3, 0.4) is 0 Å². The third-order valence-electron chi connectivity index (χ3n) is 6.66. The van der Waals surface area contributed by atoms with E-state index >= 15 is 0 Å². The van der Waals surface area contributed by atoms with Gasteiger partial charge in [0.15, 0.2) is 0 Å². The number of aryl methyl sites for hydroxylation is 1. The Labute approximate surface area is 212 Å². The molecule has 0 aliphatic heterocycles. The Morgan fingerprint density at radius 1 is 1.03 bits per heavy atom. The van der Waals surface area contributed by atoms with E-state index in [2.05, 4.69) is 26.4 Å². The molecule has 3 heterocycles. The van der Waals surface area contributed by atoms with E-state index in [1.165, 1.54) is 16.1 Å². The van der Waals surface area contributed by atoms with Gasteiger partial charge in [-0.2, -0.15) is 9.78 Å². The number of halogens is 1. The molecule has 2 N–H and O–H groups in total. The fourth-order valence-electron chi connectivity index (χ4n) is 4.74. The van der Waals surface area contributed by atoms with Gasteiger partial charge in [-0.3, -0.25) is 4.98 Å². The minimum absolute atomic E-state index is 0.241. The lowest BCUT2D eigenvalue weighted by Gasteiger charge is -2.11. The molecule has 0 spiro atoms. The fraction of sp³-hybridized carbons (Fsp3) is 0.100. The van der Waals surface area contributed by atoms with Crippen molar-refractivity contribution in [3.05, 3.63) is 108 Å². The summed E-state index contributed by atoms with van der Waals surface area (Å²) in [7, 11) is 0. The number of hydrogen-bond acceptors (Lipinski definition) is 3. The van der Waals surface area contributed by atoms with E-state index in [0.29, 0.717) is 18.5 Å². The zero-order valence-corrected chi connectivity index (χ0v) is 20.2. The van der Waals surface area contributed by atoms with E-state index in [-0.39, 0.29) is 11.8 Å². The minimum atomic E-state index is -0.272. The van der Waals surface area contributed by atoms with Crippen LogP contribution in [-0.4, -0.2) is 32.3 Å². The summed E-state index contributed by atoms with van der Waals surface area (Å²) >= 11 is 0. The third kappa shape index (κ3) is 4.25. The highest BCUT2D eigenvalue weighted by molar-refractivity contribution is 5.93. The van der Waals surface area contributed by atoms with Gasteiger partial charge in [0, 0.05) is 46.4 Å². The Hall–Kier alpha value is -4.78. The van der Waals surface area contributed by atoms with Crippen LogP contribution < -0.4 is 5.32 Å². The molecular weight excluding hydrogens is 465 g/mol. The van der Waals surface area contributed by atoms with Crippen LogP contribution in [0.1, 0.15) is 11.1 Å². The van der Waals surface area contributed by atoms with E-state index in [9.17, 15) is 9.18 Å². The Balaban J connectivity index is 1.23. The van der Waals surface area contributed by atoms with Crippen molar-refractivity contribution in [1.29, 1.82) is 0 Å². The zero-order valence-electron chi connectivity index (χ0n) is 20.2. The maximum atomic E-state index is 13.8. The zero-order chi connectivity index (χ0) is 25.4. The molecular formula is C30H24FN5O. The number of nitrogens with one attached hydrogen (secondary N) is 2. The second kappa shape index (κ2) is 9.35. The topological polar surface area (TPSA) is 75.6 Å². The summed E-state index contributed by atoms with van der Waals surface area (Å²) in [5, 5.41) is 9.32. The highest BCUT2D eigenvalue weighted by Crippen LogP contribution is 2.32. The first-order chi connectivity index (χ1) is 18.1. The summed E-state index contributed by atoms with van der Waals surface area (Å²) in [4.78, 5) is 20.7. The van der Waals surface area contributed by atoms with Crippen molar-refractivity contribution in [3.8, 4) is 22.4 Å². The average Bonchev–Trinajstić information content (AvgIpc) is 3.54. The lowest BCUT2D eigenvalue weighted by Crippen LogP contribution is -2.30. The van der Waals surface area contributed by atoms with Gasteiger partial charge in [-0.05, 0) is 72.5 Å². The van der Waals surface area contributed by atoms with E-state index in [4.69, 9.17) is 0 Å². The number of hydrogen-bond donors (Lipinski definition) is 2. The molecule has 0 saturated carbocycles.